The molecule has 1 unspecified atom stereocenters. The Hall–Kier alpha value is -0.650. The summed E-state index contributed by atoms with van der Waals surface area (Å²) in [5.74, 6) is 0.180. The van der Waals surface area contributed by atoms with Gasteiger partial charge in [-0.15, -0.1) is 0 Å². The number of carbonyl (C=O) groups excluding carboxylic acids is 1. The fraction of sp³-hybridized carbons (Fsp3) is 0.923. The second-order valence-electron chi connectivity index (χ2n) is 5.25. The summed E-state index contributed by atoms with van der Waals surface area (Å²) < 4.78 is 0. The van der Waals surface area contributed by atoms with Gasteiger partial charge in [-0.05, 0) is 25.9 Å². The SMILES string of the molecule is CCN1CCCC1CNC(=O)CN1CCNCC1. The Morgan fingerprint density at radius 3 is 2.83 bits per heavy atom. The Bertz CT molecular complexity index is 266. The molecule has 0 saturated carbocycles. The third-order valence-electron chi connectivity index (χ3n) is 4.02. The normalized spacial score (nSPS) is 26.4. The minimum Gasteiger partial charge on any atom is -0.353 e. The van der Waals surface area contributed by atoms with Gasteiger partial charge in [-0.2, -0.15) is 0 Å². The molecule has 1 amide bonds. The molecule has 0 aliphatic carbocycles. The van der Waals surface area contributed by atoms with Crippen LogP contribution in [0.1, 0.15) is 19.8 Å². The minimum atomic E-state index is 0.180. The molecule has 18 heavy (non-hydrogen) atoms. The van der Waals surface area contributed by atoms with Gasteiger partial charge in [0.05, 0.1) is 6.54 Å². The summed E-state index contributed by atoms with van der Waals surface area (Å²) in [5.41, 5.74) is 0. The van der Waals surface area contributed by atoms with Crippen LogP contribution in [0.25, 0.3) is 0 Å². The predicted molar refractivity (Wildman–Crippen MR) is 72.6 cm³/mol. The number of nitrogens with one attached hydrogen (secondary N) is 2. The summed E-state index contributed by atoms with van der Waals surface area (Å²) in [6.45, 7) is 9.82. The van der Waals surface area contributed by atoms with Crippen LogP contribution in [0.4, 0.5) is 0 Å². The van der Waals surface area contributed by atoms with Crippen LogP contribution in [-0.4, -0.2) is 74.1 Å². The molecule has 2 aliphatic heterocycles. The number of nitrogens with zero attached hydrogens (tertiary/aromatic N) is 2. The van der Waals surface area contributed by atoms with Gasteiger partial charge in [0, 0.05) is 38.8 Å². The zero-order valence-electron chi connectivity index (χ0n) is 11.5. The number of hydrogen-bond donors (Lipinski definition) is 2. The van der Waals surface area contributed by atoms with Crippen molar-refractivity contribution in [2.75, 3.05) is 52.4 Å². The maximum absolute atomic E-state index is 11.9. The number of likely N-dealkylation sites (N-methyl/N-ethyl adjacent to an activating group) is 1. The van der Waals surface area contributed by atoms with E-state index in [1.165, 1.54) is 19.4 Å². The van der Waals surface area contributed by atoms with Crippen LogP contribution in [0.5, 0.6) is 0 Å². The van der Waals surface area contributed by atoms with E-state index >= 15 is 0 Å². The molecule has 0 radical (unpaired) electrons. The molecule has 2 heterocycles. The highest BCUT2D eigenvalue weighted by atomic mass is 16.2. The first-order valence-corrected chi connectivity index (χ1v) is 7.23. The van der Waals surface area contributed by atoms with Crippen LogP contribution in [-0.2, 0) is 4.79 Å². The standard InChI is InChI=1S/C13H26N4O/c1-2-17-7-3-4-12(17)10-15-13(18)11-16-8-5-14-6-9-16/h12,14H,2-11H2,1H3,(H,15,18). The molecule has 0 spiro atoms. The molecule has 5 heteroatoms. The van der Waals surface area contributed by atoms with Crippen molar-refractivity contribution in [3.63, 3.8) is 0 Å². The van der Waals surface area contributed by atoms with Crippen LogP contribution < -0.4 is 10.6 Å². The molecule has 1 atom stereocenters. The molecule has 2 saturated heterocycles. The molecule has 0 bridgehead atoms. The van der Waals surface area contributed by atoms with Crippen molar-refractivity contribution in [1.29, 1.82) is 0 Å². The number of likely N-dealkylation sites (tertiary alicyclic amines) is 1. The Morgan fingerprint density at radius 2 is 2.11 bits per heavy atom. The minimum absolute atomic E-state index is 0.180. The molecule has 2 fully saturated rings. The third-order valence-corrected chi connectivity index (χ3v) is 4.02. The average Bonchev–Trinajstić information content (AvgIpc) is 2.85. The van der Waals surface area contributed by atoms with E-state index in [1.807, 2.05) is 0 Å². The molecule has 5 nitrogen and oxygen atoms in total. The van der Waals surface area contributed by atoms with Crippen molar-refractivity contribution in [3.05, 3.63) is 0 Å². The van der Waals surface area contributed by atoms with E-state index in [0.717, 1.165) is 39.3 Å². The molecule has 0 aromatic carbocycles. The van der Waals surface area contributed by atoms with Crippen molar-refractivity contribution in [2.45, 2.75) is 25.8 Å². The van der Waals surface area contributed by atoms with Crippen LogP contribution in [0.2, 0.25) is 0 Å². The van der Waals surface area contributed by atoms with Gasteiger partial charge in [0.25, 0.3) is 0 Å². The quantitative estimate of drug-likeness (QED) is 0.694. The summed E-state index contributed by atoms with van der Waals surface area (Å²) in [6, 6.07) is 0.557. The van der Waals surface area contributed by atoms with E-state index in [9.17, 15) is 4.79 Å². The Balaban J connectivity index is 1.64. The van der Waals surface area contributed by atoms with Crippen molar-refractivity contribution < 1.29 is 4.79 Å². The van der Waals surface area contributed by atoms with E-state index in [1.54, 1.807) is 0 Å². The summed E-state index contributed by atoms with van der Waals surface area (Å²) >= 11 is 0. The third kappa shape index (κ3) is 3.93. The molecule has 2 rings (SSSR count). The highest BCUT2D eigenvalue weighted by Gasteiger charge is 2.23. The number of amides is 1. The van der Waals surface area contributed by atoms with Crippen molar-refractivity contribution >= 4 is 5.91 Å². The Labute approximate surface area is 110 Å². The maximum Gasteiger partial charge on any atom is 0.234 e. The maximum atomic E-state index is 11.9. The zero-order valence-corrected chi connectivity index (χ0v) is 11.5. The fourth-order valence-electron chi connectivity index (χ4n) is 2.90. The smallest absolute Gasteiger partial charge is 0.234 e. The van der Waals surface area contributed by atoms with E-state index in [0.29, 0.717) is 12.6 Å². The van der Waals surface area contributed by atoms with Gasteiger partial charge >= 0.3 is 0 Å². The van der Waals surface area contributed by atoms with Gasteiger partial charge in [0.2, 0.25) is 5.91 Å². The average molecular weight is 254 g/mol. The fourth-order valence-corrected chi connectivity index (χ4v) is 2.90. The van der Waals surface area contributed by atoms with Crippen molar-refractivity contribution in [1.82, 2.24) is 20.4 Å². The first kappa shape index (κ1) is 13.8. The highest BCUT2D eigenvalue weighted by Crippen LogP contribution is 2.15. The lowest BCUT2D eigenvalue weighted by Gasteiger charge is -2.27. The molecule has 0 aromatic heterocycles. The van der Waals surface area contributed by atoms with Gasteiger partial charge < -0.3 is 10.6 Å². The number of carbonyl (C=O) groups is 1. The second-order valence-corrected chi connectivity index (χ2v) is 5.25. The lowest BCUT2D eigenvalue weighted by atomic mass is 10.2. The van der Waals surface area contributed by atoms with Crippen LogP contribution in [0.3, 0.4) is 0 Å². The van der Waals surface area contributed by atoms with E-state index in [-0.39, 0.29) is 5.91 Å². The van der Waals surface area contributed by atoms with Gasteiger partial charge in [0.1, 0.15) is 0 Å². The first-order valence-electron chi connectivity index (χ1n) is 7.23. The lowest BCUT2D eigenvalue weighted by Crippen LogP contribution is -2.49. The second kappa shape index (κ2) is 7.07. The summed E-state index contributed by atoms with van der Waals surface area (Å²) in [5, 5.41) is 6.39. The predicted octanol–water partition coefficient (Wildman–Crippen LogP) is -0.508. The van der Waals surface area contributed by atoms with Gasteiger partial charge in [0.15, 0.2) is 0 Å². The van der Waals surface area contributed by atoms with Gasteiger partial charge in [-0.1, -0.05) is 6.92 Å². The van der Waals surface area contributed by atoms with E-state index in [2.05, 4.69) is 27.4 Å². The van der Waals surface area contributed by atoms with Crippen LogP contribution in [0, 0.1) is 0 Å². The van der Waals surface area contributed by atoms with E-state index in [4.69, 9.17) is 0 Å². The molecular formula is C13H26N4O. The summed E-state index contributed by atoms with van der Waals surface area (Å²) in [4.78, 5) is 16.6. The molecule has 2 N–H and O–H groups in total. The van der Waals surface area contributed by atoms with Crippen LogP contribution in [0.15, 0.2) is 0 Å². The van der Waals surface area contributed by atoms with Gasteiger partial charge in [-0.25, -0.2) is 0 Å². The lowest BCUT2D eigenvalue weighted by molar-refractivity contribution is -0.122. The molecular weight excluding hydrogens is 228 g/mol. The largest absolute Gasteiger partial charge is 0.353 e. The topological polar surface area (TPSA) is 47.6 Å². The van der Waals surface area contributed by atoms with E-state index < -0.39 is 0 Å². The Kier molecular flexibility index (Phi) is 5.41. The molecule has 104 valence electrons. The van der Waals surface area contributed by atoms with Crippen molar-refractivity contribution in [3.8, 4) is 0 Å². The van der Waals surface area contributed by atoms with Crippen LogP contribution >= 0.6 is 0 Å². The highest BCUT2D eigenvalue weighted by molar-refractivity contribution is 5.78. The molecule has 0 aromatic rings. The first-order chi connectivity index (χ1) is 8.79. The molecule has 2 aliphatic rings. The Morgan fingerprint density at radius 1 is 1.33 bits per heavy atom. The van der Waals surface area contributed by atoms with Gasteiger partial charge in [-0.3, -0.25) is 14.6 Å². The summed E-state index contributed by atoms with van der Waals surface area (Å²) in [7, 11) is 0. The zero-order chi connectivity index (χ0) is 12.8. The monoisotopic (exact) mass is 254 g/mol. The van der Waals surface area contributed by atoms with Crippen molar-refractivity contribution in [2.24, 2.45) is 0 Å². The number of rotatable bonds is 5. The summed E-state index contributed by atoms with van der Waals surface area (Å²) in [6.07, 6.45) is 2.49. The number of piperazine rings is 1. The number of hydrogen-bond acceptors (Lipinski definition) is 4.